The molecule has 0 bridgehead atoms. The Hall–Kier alpha value is -2.31. The number of hydrogen-bond acceptors (Lipinski definition) is 11. The Morgan fingerprint density at radius 1 is 1.35 bits per heavy atom. The van der Waals surface area contributed by atoms with E-state index >= 15 is 0 Å². The van der Waals surface area contributed by atoms with E-state index in [0.717, 1.165) is 0 Å². The van der Waals surface area contributed by atoms with E-state index in [9.17, 15) is 15.3 Å². The van der Waals surface area contributed by atoms with Gasteiger partial charge in [0.1, 0.15) is 36.5 Å². The second-order valence-corrected chi connectivity index (χ2v) is 6.43. The quantitative estimate of drug-likeness (QED) is 0.385. The summed E-state index contributed by atoms with van der Waals surface area (Å²) in [6.07, 6.45) is -2.56. The lowest BCUT2D eigenvalue weighted by Crippen LogP contribution is -2.58. The summed E-state index contributed by atoms with van der Waals surface area (Å²) in [5, 5.41) is 29.5. The molecule has 0 aromatic carbocycles. The summed E-state index contributed by atoms with van der Waals surface area (Å²) in [5.41, 5.74) is 11.4. The minimum atomic E-state index is -1.27. The van der Waals surface area contributed by atoms with Crippen molar-refractivity contribution in [3.63, 3.8) is 0 Å². The molecule has 0 spiro atoms. The summed E-state index contributed by atoms with van der Waals surface area (Å²) in [6.45, 7) is -0.327. The molecular weight excluding hydrogens is 344 g/mol. The van der Waals surface area contributed by atoms with Crippen molar-refractivity contribution in [1.82, 2.24) is 4.90 Å². The SMILES string of the molecule is NC1=NC(N)(Cc2ccco2)C2=NCN([C@@H]3O[C@H](CO)[C@@H](O)[C@H]3O)C2=N1. The third-order valence-electron chi connectivity index (χ3n) is 4.66. The van der Waals surface area contributed by atoms with E-state index in [2.05, 4.69) is 15.0 Å². The minimum Gasteiger partial charge on any atom is -0.469 e. The molecule has 7 N–H and O–H groups in total. The van der Waals surface area contributed by atoms with E-state index in [-0.39, 0.29) is 19.0 Å². The van der Waals surface area contributed by atoms with E-state index in [1.165, 1.54) is 6.26 Å². The molecule has 11 nitrogen and oxygen atoms in total. The number of hydrogen-bond donors (Lipinski definition) is 5. The Kier molecular flexibility index (Phi) is 4.04. The van der Waals surface area contributed by atoms with Gasteiger partial charge in [-0.2, -0.15) is 4.99 Å². The van der Waals surface area contributed by atoms with Gasteiger partial charge in [-0.3, -0.25) is 4.99 Å². The molecule has 3 aliphatic heterocycles. The topological polar surface area (TPSA) is 175 Å². The normalized spacial score (nSPS) is 36.6. The molecule has 1 aromatic heterocycles. The first-order chi connectivity index (χ1) is 12.4. The number of aliphatic hydroxyl groups is 3. The molecule has 5 atom stereocenters. The molecule has 3 aliphatic rings. The van der Waals surface area contributed by atoms with Gasteiger partial charge in [-0.15, -0.1) is 0 Å². The van der Waals surface area contributed by atoms with Crippen LogP contribution in [0.1, 0.15) is 5.76 Å². The minimum absolute atomic E-state index is 0.0355. The number of furan rings is 1. The van der Waals surface area contributed by atoms with Crippen LogP contribution >= 0.6 is 0 Å². The number of ether oxygens (including phenoxy) is 1. The average molecular weight is 364 g/mol. The van der Waals surface area contributed by atoms with Crippen LogP contribution in [0, 0.1) is 0 Å². The molecular formula is C15H20N6O5. The first-order valence-corrected chi connectivity index (χ1v) is 8.12. The van der Waals surface area contributed by atoms with Crippen LogP contribution in [0.2, 0.25) is 0 Å². The van der Waals surface area contributed by atoms with Gasteiger partial charge < -0.3 is 40.8 Å². The van der Waals surface area contributed by atoms with Crippen molar-refractivity contribution in [2.24, 2.45) is 26.4 Å². The Bertz CT molecular complexity index is 777. The predicted octanol–water partition coefficient (Wildman–Crippen LogP) is -2.64. The van der Waals surface area contributed by atoms with Crippen molar-refractivity contribution < 1.29 is 24.5 Å². The molecule has 1 unspecified atom stereocenters. The number of aliphatic imine (C=N–C) groups is 3. The van der Waals surface area contributed by atoms with Crippen LogP contribution < -0.4 is 11.5 Å². The van der Waals surface area contributed by atoms with Crippen molar-refractivity contribution >= 4 is 17.5 Å². The molecule has 11 heteroatoms. The summed E-state index contributed by atoms with van der Waals surface area (Å²) >= 11 is 0. The van der Waals surface area contributed by atoms with Gasteiger partial charge in [-0.05, 0) is 12.1 Å². The van der Waals surface area contributed by atoms with Crippen molar-refractivity contribution in [3.05, 3.63) is 24.2 Å². The Labute approximate surface area is 148 Å². The van der Waals surface area contributed by atoms with Crippen molar-refractivity contribution in [1.29, 1.82) is 0 Å². The highest BCUT2D eigenvalue weighted by Crippen LogP contribution is 2.30. The van der Waals surface area contributed by atoms with Crippen LogP contribution in [0.4, 0.5) is 0 Å². The third-order valence-corrected chi connectivity index (χ3v) is 4.66. The summed E-state index contributed by atoms with van der Waals surface area (Å²) < 4.78 is 10.9. The molecule has 1 aromatic rings. The van der Waals surface area contributed by atoms with Gasteiger partial charge in [0.15, 0.2) is 17.7 Å². The fourth-order valence-corrected chi connectivity index (χ4v) is 3.40. The second kappa shape index (κ2) is 6.14. The van der Waals surface area contributed by atoms with Crippen LogP contribution in [0.15, 0.2) is 37.8 Å². The van der Waals surface area contributed by atoms with Crippen LogP contribution in [0.25, 0.3) is 0 Å². The zero-order valence-corrected chi connectivity index (χ0v) is 13.8. The lowest BCUT2D eigenvalue weighted by atomic mass is 9.97. The van der Waals surface area contributed by atoms with Gasteiger partial charge in [0.25, 0.3) is 0 Å². The van der Waals surface area contributed by atoms with Crippen LogP contribution in [0.3, 0.4) is 0 Å². The third kappa shape index (κ3) is 2.61. The molecule has 0 aliphatic carbocycles. The Balaban J connectivity index is 1.62. The van der Waals surface area contributed by atoms with E-state index in [1.807, 2.05) is 0 Å². The number of nitrogens with zero attached hydrogens (tertiary/aromatic N) is 4. The number of aliphatic hydroxyl groups excluding tert-OH is 3. The molecule has 0 saturated carbocycles. The largest absolute Gasteiger partial charge is 0.469 e. The van der Waals surface area contributed by atoms with Gasteiger partial charge in [0, 0.05) is 0 Å². The summed E-state index contributed by atoms with van der Waals surface area (Å²) in [7, 11) is 0. The van der Waals surface area contributed by atoms with E-state index < -0.39 is 36.8 Å². The van der Waals surface area contributed by atoms with Crippen LogP contribution in [-0.2, 0) is 11.2 Å². The number of amidine groups is 1. The number of guanidine groups is 1. The fourth-order valence-electron chi connectivity index (χ4n) is 3.40. The van der Waals surface area contributed by atoms with Gasteiger partial charge in [0.05, 0.1) is 19.3 Å². The van der Waals surface area contributed by atoms with Gasteiger partial charge in [-0.1, -0.05) is 0 Å². The van der Waals surface area contributed by atoms with Gasteiger partial charge >= 0.3 is 0 Å². The molecule has 1 fully saturated rings. The number of fused-ring (bicyclic) bond motifs is 1. The van der Waals surface area contributed by atoms with E-state index in [1.54, 1.807) is 17.0 Å². The molecule has 26 heavy (non-hydrogen) atoms. The highest BCUT2D eigenvalue weighted by Gasteiger charge is 2.51. The van der Waals surface area contributed by atoms with E-state index in [4.69, 9.17) is 20.6 Å². The smallest absolute Gasteiger partial charge is 0.219 e. The van der Waals surface area contributed by atoms with Crippen molar-refractivity contribution in [2.75, 3.05) is 13.3 Å². The van der Waals surface area contributed by atoms with Gasteiger partial charge in [-0.25, -0.2) is 4.99 Å². The summed E-state index contributed by atoms with van der Waals surface area (Å²) in [4.78, 5) is 14.4. The van der Waals surface area contributed by atoms with Crippen LogP contribution in [-0.4, -0.2) is 81.2 Å². The zero-order valence-electron chi connectivity index (χ0n) is 13.8. The molecule has 4 heterocycles. The fraction of sp³-hybridized carbons (Fsp3) is 0.533. The summed E-state index contributed by atoms with van der Waals surface area (Å²) in [6, 6.07) is 3.51. The second-order valence-electron chi connectivity index (χ2n) is 6.43. The average Bonchev–Trinajstić information content (AvgIpc) is 3.29. The van der Waals surface area contributed by atoms with Crippen LogP contribution in [0.5, 0.6) is 0 Å². The lowest BCUT2D eigenvalue weighted by molar-refractivity contribution is -0.0688. The number of nitrogens with two attached hydrogens (primary N) is 2. The monoisotopic (exact) mass is 364 g/mol. The standard InChI is InChI=1S/C15H20N6O5/c16-14-19-12-11(15(17,20-14)4-7-2-1-3-25-7)18-6-21(12)13-10(24)9(23)8(5-22)26-13/h1-3,8-10,13,22-24H,4-6,17H2,(H2,16,20)/t8-,9-,10-,13-,15?/m1/s1. The molecule has 4 rings (SSSR count). The maximum absolute atomic E-state index is 10.3. The molecule has 140 valence electrons. The first kappa shape index (κ1) is 17.1. The highest BCUT2D eigenvalue weighted by molar-refractivity contribution is 6.48. The van der Waals surface area contributed by atoms with Crippen molar-refractivity contribution in [2.45, 2.75) is 36.6 Å². The Morgan fingerprint density at radius 2 is 2.15 bits per heavy atom. The predicted molar refractivity (Wildman–Crippen MR) is 90.3 cm³/mol. The molecule has 0 radical (unpaired) electrons. The zero-order chi connectivity index (χ0) is 18.5. The van der Waals surface area contributed by atoms with Crippen molar-refractivity contribution in [3.8, 4) is 0 Å². The summed E-state index contributed by atoms with van der Waals surface area (Å²) in [5.74, 6) is 0.896. The highest BCUT2D eigenvalue weighted by atomic mass is 16.6. The molecule has 1 saturated heterocycles. The van der Waals surface area contributed by atoms with Gasteiger partial charge in [0.2, 0.25) is 5.96 Å². The first-order valence-electron chi connectivity index (χ1n) is 8.12. The maximum atomic E-state index is 10.3. The maximum Gasteiger partial charge on any atom is 0.219 e. The number of rotatable bonds is 4. The lowest BCUT2D eigenvalue weighted by Gasteiger charge is -2.32. The Morgan fingerprint density at radius 3 is 2.81 bits per heavy atom. The molecule has 0 amide bonds. The van der Waals surface area contributed by atoms with E-state index in [0.29, 0.717) is 17.3 Å².